The molecule has 1 N–H and O–H groups in total. The molecule has 5 heteroatoms. The SMILES string of the molecule is C=CCN(c1ncc(/C=C/C(=O)O)cn1)C(C)(C)C. The molecule has 0 unspecified atom stereocenters. The summed E-state index contributed by atoms with van der Waals surface area (Å²) >= 11 is 0. The third kappa shape index (κ3) is 4.54. The van der Waals surface area contributed by atoms with Crippen molar-refractivity contribution in [3.05, 3.63) is 36.7 Å². The number of aromatic nitrogens is 2. The van der Waals surface area contributed by atoms with Crippen LogP contribution in [-0.2, 0) is 4.79 Å². The topological polar surface area (TPSA) is 66.3 Å². The molecule has 102 valence electrons. The van der Waals surface area contributed by atoms with Crippen molar-refractivity contribution in [1.29, 1.82) is 0 Å². The van der Waals surface area contributed by atoms with Gasteiger partial charge in [-0.15, -0.1) is 6.58 Å². The molecule has 0 aromatic carbocycles. The average Bonchev–Trinajstić information content (AvgIpc) is 2.33. The molecule has 0 aliphatic rings. The van der Waals surface area contributed by atoms with Gasteiger partial charge in [0, 0.05) is 36.1 Å². The largest absolute Gasteiger partial charge is 0.478 e. The molecular formula is C14H19N3O2. The van der Waals surface area contributed by atoms with Crippen LogP contribution in [0.25, 0.3) is 6.08 Å². The van der Waals surface area contributed by atoms with Gasteiger partial charge in [0.25, 0.3) is 0 Å². The number of rotatable bonds is 5. The predicted molar refractivity (Wildman–Crippen MR) is 76.0 cm³/mol. The van der Waals surface area contributed by atoms with Gasteiger partial charge in [-0.3, -0.25) is 0 Å². The molecule has 1 heterocycles. The highest BCUT2D eigenvalue weighted by Gasteiger charge is 2.22. The minimum absolute atomic E-state index is 0.118. The third-order valence-corrected chi connectivity index (χ3v) is 2.44. The molecular weight excluding hydrogens is 242 g/mol. The van der Waals surface area contributed by atoms with Gasteiger partial charge in [-0.1, -0.05) is 6.08 Å². The van der Waals surface area contributed by atoms with E-state index >= 15 is 0 Å². The van der Waals surface area contributed by atoms with E-state index in [1.165, 1.54) is 6.08 Å². The summed E-state index contributed by atoms with van der Waals surface area (Å²) in [5.41, 5.74) is 0.533. The number of anilines is 1. The fraction of sp³-hybridized carbons (Fsp3) is 0.357. The molecule has 1 rings (SSSR count). The fourth-order valence-corrected chi connectivity index (χ4v) is 1.51. The molecule has 0 fully saturated rings. The Balaban J connectivity index is 2.95. The summed E-state index contributed by atoms with van der Waals surface area (Å²) in [5, 5.41) is 8.55. The summed E-state index contributed by atoms with van der Waals surface area (Å²) in [4.78, 5) is 21.0. The van der Waals surface area contributed by atoms with Crippen LogP contribution in [0.15, 0.2) is 31.1 Å². The molecule has 0 bridgehead atoms. The molecule has 1 aromatic heterocycles. The minimum Gasteiger partial charge on any atom is -0.478 e. The lowest BCUT2D eigenvalue weighted by Crippen LogP contribution is -2.42. The summed E-state index contributed by atoms with van der Waals surface area (Å²) in [6.45, 7) is 10.6. The zero-order valence-corrected chi connectivity index (χ0v) is 11.5. The summed E-state index contributed by atoms with van der Waals surface area (Å²) in [6, 6.07) is 0. The van der Waals surface area contributed by atoms with Gasteiger partial charge in [-0.2, -0.15) is 0 Å². The summed E-state index contributed by atoms with van der Waals surface area (Å²) in [6.07, 6.45) is 7.52. The first kappa shape index (κ1) is 14.9. The number of aliphatic carboxylic acids is 1. The third-order valence-electron chi connectivity index (χ3n) is 2.44. The molecule has 0 atom stereocenters. The maximum Gasteiger partial charge on any atom is 0.328 e. The Morgan fingerprint density at radius 3 is 2.42 bits per heavy atom. The minimum atomic E-state index is -0.993. The number of hydrogen-bond donors (Lipinski definition) is 1. The average molecular weight is 261 g/mol. The number of carboxylic acid groups (broad SMARTS) is 1. The Bertz CT molecular complexity index is 472. The molecule has 5 nitrogen and oxygen atoms in total. The van der Waals surface area contributed by atoms with E-state index in [1.807, 2.05) is 4.90 Å². The van der Waals surface area contributed by atoms with Gasteiger partial charge in [-0.25, -0.2) is 14.8 Å². The van der Waals surface area contributed by atoms with Gasteiger partial charge < -0.3 is 10.0 Å². The zero-order valence-electron chi connectivity index (χ0n) is 11.5. The van der Waals surface area contributed by atoms with Gasteiger partial charge >= 0.3 is 5.97 Å². The van der Waals surface area contributed by atoms with Gasteiger partial charge in [0.15, 0.2) is 0 Å². The first-order chi connectivity index (χ1) is 8.84. The molecule has 0 spiro atoms. The summed E-state index contributed by atoms with van der Waals surface area (Å²) in [5.74, 6) is -0.396. The van der Waals surface area contributed by atoms with E-state index in [4.69, 9.17) is 5.11 Å². The van der Waals surface area contributed by atoms with Crippen LogP contribution in [0.2, 0.25) is 0 Å². The first-order valence-electron chi connectivity index (χ1n) is 5.96. The maximum atomic E-state index is 10.4. The van der Waals surface area contributed by atoms with Crippen LogP contribution in [0.5, 0.6) is 0 Å². The van der Waals surface area contributed by atoms with Crippen LogP contribution in [0.4, 0.5) is 5.95 Å². The predicted octanol–water partition coefficient (Wildman–Crippen LogP) is 2.37. The quantitative estimate of drug-likeness (QED) is 0.651. The van der Waals surface area contributed by atoms with Crippen molar-refractivity contribution < 1.29 is 9.90 Å². The van der Waals surface area contributed by atoms with Crippen molar-refractivity contribution in [2.24, 2.45) is 0 Å². The highest BCUT2D eigenvalue weighted by Crippen LogP contribution is 2.19. The molecule has 0 radical (unpaired) electrons. The molecule has 0 saturated carbocycles. The van der Waals surface area contributed by atoms with E-state index in [9.17, 15) is 4.79 Å². The Labute approximate surface area is 113 Å². The highest BCUT2D eigenvalue weighted by atomic mass is 16.4. The van der Waals surface area contributed by atoms with E-state index in [1.54, 1.807) is 18.5 Å². The van der Waals surface area contributed by atoms with E-state index < -0.39 is 5.97 Å². The standard InChI is InChI=1S/C14H19N3O2/c1-5-8-17(14(2,3)4)13-15-9-11(10-16-13)6-7-12(18)19/h5-7,9-10H,1,8H2,2-4H3,(H,18,19)/b7-6+. The molecule has 19 heavy (non-hydrogen) atoms. The second-order valence-electron chi connectivity index (χ2n) is 5.06. The van der Waals surface area contributed by atoms with Crippen LogP contribution in [-0.4, -0.2) is 33.1 Å². The number of nitrogens with zero attached hydrogens (tertiary/aromatic N) is 3. The maximum absolute atomic E-state index is 10.4. The van der Waals surface area contributed by atoms with Crippen LogP contribution in [0.3, 0.4) is 0 Å². The van der Waals surface area contributed by atoms with Gasteiger partial charge in [0.2, 0.25) is 5.95 Å². The molecule has 0 amide bonds. The lowest BCUT2D eigenvalue weighted by atomic mass is 10.1. The van der Waals surface area contributed by atoms with Crippen LogP contribution in [0, 0.1) is 0 Å². The Hall–Kier alpha value is -2.17. The van der Waals surface area contributed by atoms with Crippen molar-refractivity contribution in [3.63, 3.8) is 0 Å². The normalized spacial score (nSPS) is 11.5. The number of hydrogen-bond acceptors (Lipinski definition) is 4. The van der Waals surface area contributed by atoms with Crippen molar-refractivity contribution in [3.8, 4) is 0 Å². The lowest BCUT2D eigenvalue weighted by Gasteiger charge is -2.34. The smallest absolute Gasteiger partial charge is 0.328 e. The van der Waals surface area contributed by atoms with Crippen molar-refractivity contribution >= 4 is 18.0 Å². The molecule has 0 aliphatic heterocycles. The number of carboxylic acids is 1. The fourth-order valence-electron chi connectivity index (χ4n) is 1.51. The monoisotopic (exact) mass is 261 g/mol. The van der Waals surface area contributed by atoms with Gasteiger partial charge in [-0.05, 0) is 26.8 Å². The second-order valence-corrected chi connectivity index (χ2v) is 5.06. The first-order valence-corrected chi connectivity index (χ1v) is 5.96. The zero-order chi connectivity index (χ0) is 14.5. The van der Waals surface area contributed by atoms with Crippen molar-refractivity contribution in [2.45, 2.75) is 26.3 Å². The van der Waals surface area contributed by atoms with Crippen LogP contribution < -0.4 is 4.90 Å². The molecule has 1 aromatic rings. The van der Waals surface area contributed by atoms with Crippen molar-refractivity contribution in [1.82, 2.24) is 9.97 Å². The van der Waals surface area contributed by atoms with E-state index in [0.29, 0.717) is 18.1 Å². The van der Waals surface area contributed by atoms with E-state index in [0.717, 1.165) is 6.08 Å². The highest BCUT2D eigenvalue weighted by molar-refractivity contribution is 5.85. The lowest BCUT2D eigenvalue weighted by molar-refractivity contribution is -0.131. The Morgan fingerprint density at radius 2 is 2.00 bits per heavy atom. The van der Waals surface area contributed by atoms with E-state index in [2.05, 4.69) is 37.3 Å². The second kappa shape index (κ2) is 6.13. The molecule has 0 saturated heterocycles. The molecule has 0 aliphatic carbocycles. The summed E-state index contributed by atoms with van der Waals surface area (Å²) in [7, 11) is 0. The van der Waals surface area contributed by atoms with Crippen LogP contribution >= 0.6 is 0 Å². The summed E-state index contributed by atoms with van der Waals surface area (Å²) < 4.78 is 0. The van der Waals surface area contributed by atoms with Gasteiger partial charge in [0.1, 0.15) is 0 Å². The van der Waals surface area contributed by atoms with E-state index in [-0.39, 0.29) is 5.54 Å². The van der Waals surface area contributed by atoms with Gasteiger partial charge in [0.05, 0.1) is 0 Å². The Kier molecular flexibility index (Phi) is 4.80. The number of carbonyl (C=O) groups is 1. The Morgan fingerprint density at radius 1 is 1.42 bits per heavy atom. The van der Waals surface area contributed by atoms with Crippen LogP contribution in [0.1, 0.15) is 26.3 Å². The van der Waals surface area contributed by atoms with Crippen molar-refractivity contribution in [2.75, 3.05) is 11.4 Å².